The highest BCUT2D eigenvalue weighted by Gasteiger charge is 2.31. The fourth-order valence-corrected chi connectivity index (χ4v) is 4.61. The summed E-state index contributed by atoms with van der Waals surface area (Å²) < 4.78 is 26.4. The highest BCUT2D eigenvalue weighted by molar-refractivity contribution is 7.92. The fourth-order valence-electron chi connectivity index (χ4n) is 3.41. The molecule has 0 bridgehead atoms. The first kappa shape index (κ1) is 22.7. The second-order valence-electron chi connectivity index (χ2n) is 7.38. The minimum absolute atomic E-state index is 0.293. The zero-order valence-electron chi connectivity index (χ0n) is 17.8. The number of amides is 1. The van der Waals surface area contributed by atoms with Crippen LogP contribution in [0.3, 0.4) is 0 Å². The molecule has 0 aromatic heterocycles. The molecule has 0 aliphatic carbocycles. The molecule has 2 aromatic carbocycles. The fraction of sp³-hybridized carbons (Fsp3) is 0.409. The molecule has 1 N–H and O–H groups in total. The van der Waals surface area contributed by atoms with E-state index in [1.54, 1.807) is 12.1 Å². The standard InChI is InChI=1S/C22H31N3O3S/c1-6-21(22(26)23-12-13-24(4)19-10-8-7-9-11-19)25(29(5,27)28)20-15-17(2)14-18(3)16-20/h7-11,14-16,21H,6,12-13H2,1-5H3,(H,23,26)/t21-/m1/s1. The first-order valence-electron chi connectivity index (χ1n) is 9.75. The topological polar surface area (TPSA) is 69.7 Å². The number of carbonyl (C=O) groups excluding carboxylic acids is 1. The van der Waals surface area contributed by atoms with Crippen molar-refractivity contribution in [2.75, 3.05) is 35.6 Å². The number of likely N-dealkylation sites (N-methyl/N-ethyl adjacent to an activating group) is 1. The predicted molar refractivity (Wildman–Crippen MR) is 120 cm³/mol. The van der Waals surface area contributed by atoms with Crippen molar-refractivity contribution in [2.24, 2.45) is 0 Å². The van der Waals surface area contributed by atoms with Gasteiger partial charge in [-0.15, -0.1) is 0 Å². The van der Waals surface area contributed by atoms with Gasteiger partial charge in [-0.05, 0) is 55.7 Å². The highest BCUT2D eigenvalue weighted by atomic mass is 32.2. The van der Waals surface area contributed by atoms with Gasteiger partial charge < -0.3 is 10.2 Å². The van der Waals surface area contributed by atoms with Gasteiger partial charge in [0.2, 0.25) is 15.9 Å². The first-order valence-corrected chi connectivity index (χ1v) is 11.6. The molecule has 0 unspecified atom stereocenters. The van der Waals surface area contributed by atoms with Crippen molar-refractivity contribution in [3.8, 4) is 0 Å². The van der Waals surface area contributed by atoms with Crippen LogP contribution in [0, 0.1) is 13.8 Å². The lowest BCUT2D eigenvalue weighted by Gasteiger charge is -2.31. The predicted octanol–water partition coefficient (Wildman–Crippen LogP) is 3.10. The third-order valence-corrected chi connectivity index (χ3v) is 5.91. The number of carbonyl (C=O) groups is 1. The zero-order chi connectivity index (χ0) is 21.6. The molecule has 0 aliphatic rings. The van der Waals surface area contributed by atoms with Gasteiger partial charge in [0.15, 0.2) is 0 Å². The van der Waals surface area contributed by atoms with Crippen LogP contribution < -0.4 is 14.5 Å². The Bertz CT molecular complexity index is 909. The van der Waals surface area contributed by atoms with Gasteiger partial charge in [-0.2, -0.15) is 0 Å². The summed E-state index contributed by atoms with van der Waals surface area (Å²) in [5.74, 6) is -0.293. The van der Waals surface area contributed by atoms with Crippen LogP contribution in [0.1, 0.15) is 24.5 Å². The van der Waals surface area contributed by atoms with Gasteiger partial charge in [-0.25, -0.2) is 8.42 Å². The maximum atomic E-state index is 12.9. The number of sulfonamides is 1. The van der Waals surface area contributed by atoms with E-state index in [0.29, 0.717) is 25.2 Å². The molecule has 0 spiro atoms. The van der Waals surface area contributed by atoms with Gasteiger partial charge in [-0.3, -0.25) is 9.10 Å². The summed E-state index contributed by atoms with van der Waals surface area (Å²) in [6.45, 7) is 6.69. The van der Waals surface area contributed by atoms with E-state index in [1.807, 2.05) is 69.1 Å². The number of hydrogen-bond donors (Lipinski definition) is 1. The lowest BCUT2D eigenvalue weighted by Crippen LogP contribution is -2.50. The van der Waals surface area contributed by atoms with E-state index in [4.69, 9.17) is 0 Å². The average Bonchev–Trinajstić information content (AvgIpc) is 2.64. The number of nitrogens with one attached hydrogen (secondary N) is 1. The third kappa shape index (κ3) is 6.22. The van der Waals surface area contributed by atoms with Crippen LogP contribution in [-0.4, -0.2) is 46.8 Å². The van der Waals surface area contributed by atoms with Crippen molar-refractivity contribution in [1.82, 2.24) is 5.32 Å². The Morgan fingerprint density at radius 1 is 1.03 bits per heavy atom. The Labute approximate surface area is 174 Å². The second kappa shape index (κ2) is 9.78. The Balaban J connectivity index is 2.14. The Kier molecular flexibility index (Phi) is 7.67. The molecule has 1 atom stereocenters. The average molecular weight is 418 g/mol. The second-order valence-corrected chi connectivity index (χ2v) is 9.24. The number of rotatable bonds is 9. The molecular weight excluding hydrogens is 386 g/mol. The SMILES string of the molecule is CC[C@H](C(=O)NCCN(C)c1ccccc1)N(c1cc(C)cc(C)c1)S(C)(=O)=O. The van der Waals surface area contributed by atoms with Crippen molar-refractivity contribution in [3.63, 3.8) is 0 Å². The number of aryl methyl sites for hydroxylation is 2. The van der Waals surface area contributed by atoms with E-state index in [2.05, 4.69) is 5.32 Å². The molecule has 6 nitrogen and oxygen atoms in total. The summed E-state index contributed by atoms with van der Waals surface area (Å²) in [6.07, 6.45) is 1.52. The Hall–Kier alpha value is -2.54. The van der Waals surface area contributed by atoms with Crippen molar-refractivity contribution < 1.29 is 13.2 Å². The Morgan fingerprint density at radius 3 is 2.14 bits per heavy atom. The summed E-state index contributed by atoms with van der Waals surface area (Å²) in [6, 6.07) is 14.7. The van der Waals surface area contributed by atoms with Gasteiger partial charge in [0.05, 0.1) is 11.9 Å². The Morgan fingerprint density at radius 2 is 1.62 bits per heavy atom. The van der Waals surface area contributed by atoms with Gasteiger partial charge in [0.1, 0.15) is 6.04 Å². The van der Waals surface area contributed by atoms with Crippen molar-refractivity contribution >= 4 is 27.3 Å². The van der Waals surface area contributed by atoms with Crippen LogP contribution in [-0.2, 0) is 14.8 Å². The van der Waals surface area contributed by atoms with E-state index in [9.17, 15) is 13.2 Å². The van der Waals surface area contributed by atoms with Gasteiger partial charge in [0.25, 0.3) is 0 Å². The summed E-state index contributed by atoms with van der Waals surface area (Å²) in [4.78, 5) is 14.9. The highest BCUT2D eigenvalue weighted by Crippen LogP contribution is 2.25. The van der Waals surface area contributed by atoms with Crippen LogP contribution in [0.5, 0.6) is 0 Å². The maximum Gasteiger partial charge on any atom is 0.243 e. The lowest BCUT2D eigenvalue weighted by atomic mass is 10.1. The molecule has 2 rings (SSSR count). The number of benzene rings is 2. The van der Waals surface area contributed by atoms with Crippen LogP contribution in [0.4, 0.5) is 11.4 Å². The molecule has 0 radical (unpaired) electrons. The minimum atomic E-state index is -3.63. The molecule has 0 saturated heterocycles. The number of nitrogens with zero attached hydrogens (tertiary/aromatic N) is 2. The van der Waals surface area contributed by atoms with Crippen molar-refractivity contribution in [3.05, 3.63) is 59.7 Å². The van der Waals surface area contributed by atoms with Crippen LogP contribution in [0.25, 0.3) is 0 Å². The number of anilines is 2. The quantitative estimate of drug-likeness (QED) is 0.681. The number of hydrogen-bond acceptors (Lipinski definition) is 4. The summed E-state index contributed by atoms with van der Waals surface area (Å²) in [5, 5.41) is 2.90. The molecular formula is C22H31N3O3S. The van der Waals surface area contributed by atoms with Crippen molar-refractivity contribution in [1.29, 1.82) is 0 Å². The molecule has 1 amide bonds. The summed E-state index contributed by atoms with van der Waals surface area (Å²) in [5.41, 5.74) is 3.48. The molecule has 0 heterocycles. The molecule has 0 aliphatic heterocycles. The molecule has 0 fully saturated rings. The van der Waals surface area contributed by atoms with Gasteiger partial charge in [-0.1, -0.05) is 31.2 Å². The van der Waals surface area contributed by atoms with E-state index in [1.165, 1.54) is 4.31 Å². The van der Waals surface area contributed by atoms with Crippen LogP contribution in [0.2, 0.25) is 0 Å². The van der Waals surface area contributed by atoms with E-state index in [-0.39, 0.29) is 5.91 Å². The lowest BCUT2D eigenvalue weighted by molar-refractivity contribution is -0.122. The normalized spacial score (nSPS) is 12.3. The van der Waals surface area contributed by atoms with Crippen LogP contribution in [0.15, 0.2) is 48.5 Å². The molecule has 29 heavy (non-hydrogen) atoms. The molecule has 2 aromatic rings. The summed E-state index contributed by atoms with van der Waals surface area (Å²) >= 11 is 0. The monoisotopic (exact) mass is 417 g/mol. The molecule has 158 valence electrons. The van der Waals surface area contributed by atoms with Crippen molar-refractivity contribution in [2.45, 2.75) is 33.2 Å². The smallest absolute Gasteiger partial charge is 0.243 e. The maximum absolute atomic E-state index is 12.9. The van der Waals surface area contributed by atoms with E-state index >= 15 is 0 Å². The van der Waals surface area contributed by atoms with Gasteiger partial charge in [0, 0.05) is 25.8 Å². The van der Waals surface area contributed by atoms with E-state index in [0.717, 1.165) is 23.1 Å². The van der Waals surface area contributed by atoms with Gasteiger partial charge >= 0.3 is 0 Å². The van der Waals surface area contributed by atoms with E-state index < -0.39 is 16.1 Å². The third-order valence-electron chi connectivity index (χ3n) is 4.73. The number of para-hydroxylation sites is 1. The summed E-state index contributed by atoms with van der Waals surface area (Å²) in [7, 11) is -1.67. The zero-order valence-corrected chi connectivity index (χ0v) is 18.7. The first-order chi connectivity index (χ1) is 13.6. The largest absolute Gasteiger partial charge is 0.373 e. The minimum Gasteiger partial charge on any atom is -0.373 e. The molecule has 7 heteroatoms. The van der Waals surface area contributed by atoms with Crippen LogP contribution >= 0.6 is 0 Å². The molecule has 0 saturated carbocycles.